The Hall–Kier alpha value is -6.38. The molecule has 11 rings (SSSR count). The lowest BCUT2D eigenvalue weighted by atomic mass is 9.66. The summed E-state index contributed by atoms with van der Waals surface area (Å²) in [5.74, 6) is 1.82. The number of fused-ring (bicyclic) bond motifs is 13. The van der Waals surface area contributed by atoms with Crippen molar-refractivity contribution in [2.24, 2.45) is 0 Å². The highest BCUT2D eigenvalue weighted by atomic mass is 16.5. The van der Waals surface area contributed by atoms with E-state index in [9.17, 15) is 0 Å². The molecule has 0 atom stereocenters. The van der Waals surface area contributed by atoms with Gasteiger partial charge in [-0.3, -0.25) is 0 Å². The fourth-order valence-corrected chi connectivity index (χ4v) is 8.78. The molecule has 0 fully saturated rings. The average Bonchev–Trinajstić information content (AvgIpc) is 3.65. The van der Waals surface area contributed by atoms with Gasteiger partial charge in [0.1, 0.15) is 11.5 Å². The van der Waals surface area contributed by atoms with E-state index in [1.54, 1.807) is 0 Å². The van der Waals surface area contributed by atoms with Crippen LogP contribution in [-0.2, 0) is 5.41 Å². The highest BCUT2D eigenvalue weighted by molar-refractivity contribution is 6.10. The highest BCUT2D eigenvalue weighted by Gasteiger charge is 2.50. The number of para-hydroxylation sites is 2. The molecule has 0 amide bonds. The van der Waals surface area contributed by atoms with Crippen LogP contribution in [0.25, 0.3) is 60.5 Å². The maximum atomic E-state index is 6.69. The first-order chi connectivity index (χ1) is 24.3. The van der Waals surface area contributed by atoms with Crippen molar-refractivity contribution < 1.29 is 4.74 Å². The van der Waals surface area contributed by atoms with Crippen molar-refractivity contribution in [3.05, 3.63) is 198 Å². The predicted octanol–water partition coefficient (Wildman–Crippen LogP) is 12.1. The second kappa shape index (κ2) is 9.82. The van der Waals surface area contributed by atoms with Crippen LogP contribution in [0.1, 0.15) is 22.3 Å². The first-order valence-corrected chi connectivity index (χ1v) is 16.9. The van der Waals surface area contributed by atoms with Crippen LogP contribution in [0.2, 0.25) is 0 Å². The number of nitrogens with zero attached hydrogens (tertiary/aromatic N) is 1. The normalized spacial score (nSPS) is 13.6. The quantitative estimate of drug-likeness (QED) is 0.187. The van der Waals surface area contributed by atoms with E-state index in [0.29, 0.717) is 0 Å². The molecule has 0 N–H and O–H groups in total. The molecule has 0 saturated heterocycles. The Bertz CT molecular complexity index is 2770. The molecule has 9 aromatic rings. The lowest BCUT2D eigenvalue weighted by molar-refractivity contribution is 0.436. The van der Waals surface area contributed by atoms with Gasteiger partial charge in [-0.15, -0.1) is 0 Å². The molecular formula is C47H29NO. The van der Waals surface area contributed by atoms with Gasteiger partial charge >= 0.3 is 0 Å². The minimum atomic E-state index is -0.483. The lowest BCUT2D eigenvalue weighted by Gasteiger charge is -2.39. The third-order valence-electron chi connectivity index (χ3n) is 10.8. The van der Waals surface area contributed by atoms with Crippen molar-refractivity contribution in [1.29, 1.82) is 0 Å². The second-order valence-corrected chi connectivity index (χ2v) is 13.3. The molecule has 0 saturated carbocycles. The zero-order chi connectivity index (χ0) is 32.1. The van der Waals surface area contributed by atoms with Crippen LogP contribution < -0.4 is 4.74 Å². The zero-order valence-corrected chi connectivity index (χ0v) is 26.6. The van der Waals surface area contributed by atoms with Crippen LogP contribution in [0.3, 0.4) is 0 Å². The molecule has 2 heteroatoms. The van der Waals surface area contributed by atoms with Crippen molar-refractivity contribution >= 4 is 32.6 Å². The van der Waals surface area contributed by atoms with Gasteiger partial charge in [0.2, 0.25) is 0 Å². The van der Waals surface area contributed by atoms with E-state index >= 15 is 0 Å². The predicted molar refractivity (Wildman–Crippen MR) is 201 cm³/mol. The monoisotopic (exact) mass is 623 g/mol. The Kier molecular flexibility index (Phi) is 5.34. The van der Waals surface area contributed by atoms with Crippen LogP contribution in [0.15, 0.2) is 176 Å². The molecule has 2 nitrogen and oxygen atoms in total. The molecule has 8 aromatic carbocycles. The summed E-state index contributed by atoms with van der Waals surface area (Å²) in [6.45, 7) is 0. The Labute approximate surface area is 284 Å². The van der Waals surface area contributed by atoms with Crippen LogP contribution in [0.5, 0.6) is 11.5 Å². The number of hydrogen-bond donors (Lipinski definition) is 0. The molecule has 1 aliphatic carbocycles. The van der Waals surface area contributed by atoms with E-state index in [0.717, 1.165) is 11.5 Å². The molecule has 0 bridgehead atoms. The van der Waals surface area contributed by atoms with Crippen molar-refractivity contribution in [2.75, 3.05) is 0 Å². The van der Waals surface area contributed by atoms with E-state index in [1.807, 2.05) is 0 Å². The van der Waals surface area contributed by atoms with Crippen molar-refractivity contribution in [2.45, 2.75) is 5.41 Å². The van der Waals surface area contributed by atoms with Gasteiger partial charge in [-0.25, -0.2) is 0 Å². The largest absolute Gasteiger partial charge is 0.457 e. The molecule has 1 spiro atoms. The van der Waals surface area contributed by atoms with Crippen LogP contribution >= 0.6 is 0 Å². The summed E-state index contributed by atoms with van der Waals surface area (Å²) in [6, 6.07) is 64.2. The Morgan fingerprint density at radius 3 is 1.84 bits per heavy atom. The van der Waals surface area contributed by atoms with Crippen molar-refractivity contribution in [1.82, 2.24) is 4.57 Å². The summed E-state index contributed by atoms with van der Waals surface area (Å²) in [6.07, 6.45) is 0. The van der Waals surface area contributed by atoms with Gasteiger partial charge in [-0.1, -0.05) is 127 Å². The topological polar surface area (TPSA) is 14.2 Å². The maximum absolute atomic E-state index is 6.69. The van der Waals surface area contributed by atoms with E-state index in [4.69, 9.17) is 4.74 Å². The van der Waals surface area contributed by atoms with E-state index in [2.05, 4.69) is 180 Å². The molecule has 2 heterocycles. The lowest BCUT2D eigenvalue weighted by Crippen LogP contribution is -2.32. The third kappa shape index (κ3) is 3.55. The SMILES string of the molecule is c1ccc2c(c1)Oc1ccc(-c3ccc4c(c3)c3ccccc3n4-c3ccc4ccccc4c3)cc1C21c2ccccc2-c2ccccc21. The highest BCUT2D eigenvalue weighted by Crippen LogP contribution is 2.62. The van der Waals surface area contributed by atoms with Crippen LogP contribution in [0, 0.1) is 0 Å². The molecule has 2 aliphatic rings. The molecule has 1 aromatic heterocycles. The summed E-state index contributed by atoms with van der Waals surface area (Å²) in [4.78, 5) is 0. The first kappa shape index (κ1) is 26.7. The number of hydrogen-bond acceptors (Lipinski definition) is 1. The van der Waals surface area contributed by atoms with Gasteiger partial charge in [-0.2, -0.15) is 0 Å². The Morgan fingerprint density at radius 2 is 1.00 bits per heavy atom. The molecule has 1 aliphatic heterocycles. The summed E-state index contributed by atoms with van der Waals surface area (Å²) >= 11 is 0. The van der Waals surface area contributed by atoms with Crippen LogP contribution in [0.4, 0.5) is 0 Å². The minimum Gasteiger partial charge on any atom is -0.457 e. The summed E-state index contributed by atoms with van der Waals surface area (Å²) in [7, 11) is 0. The molecular weight excluding hydrogens is 595 g/mol. The van der Waals surface area contributed by atoms with E-state index < -0.39 is 5.41 Å². The average molecular weight is 624 g/mol. The minimum absolute atomic E-state index is 0.483. The molecule has 49 heavy (non-hydrogen) atoms. The van der Waals surface area contributed by atoms with E-state index in [1.165, 1.54) is 82.8 Å². The number of ether oxygens (including phenoxy) is 1. The Morgan fingerprint density at radius 1 is 0.388 bits per heavy atom. The van der Waals surface area contributed by atoms with Gasteiger partial charge < -0.3 is 9.30 Å². The van der Waals surface area contributed by atoms with Gasteiger partial charge in [0, 0.05) is 27.6 Å². The number of aromatic nitrogens is 1. The summed E-state index contributed by atoms with van der Waals surface area (Å²) in [5, 5.41) is 4.98. The molecule has 0 unspecified atom stereocenters. The fraction of sp³-hybridized carbons (Fsp3) is 0.0213. The van der Waals surface area contributed by atoms with E-state index in [-0.39, 0.29) is 0 Å². The van der Waals surface area contributed by atoms with Gasteiger partial charge in [0.15, 0.2) is 0 Å². The smallest absolute Gasteiger partial charge is 0.132 e. The summed E-state index contributed by atoms with van der Waals surface area (Å²) in [5.41, 5.74) is 13.0. The van der Waals surface area contributed by atoms with Crippen LogP contribution in [-0.4, -0.2) is 4.57 Å². The van der Waals surface area contributed by atoms with Gasteiger partial charge in [-0.05, 0) is 92.7 Å². The fourth-order valence-electron chi connectivity index (χ4n) is 8.78. The number of rotatable bonds is 2. The molecule has 0 radical (unpaired) electrons. The van der Waals surface area contributed by atoms with Gasteiger partial charge in [0.05, 0.1) is 16.4 Å². The molecule has 228 valence electrons. The Balaban J connectivity index is 1.15. The first-order valence-electron chi connectivity index (χ1n) is 16.9. The van der Waals surface area contributed by atoms with Crippen molar-refractivity contribution in [3.8, 4) is 39.4 Å². The zero-order valence-electron chi connectivity index (χ0n) is 26.6. The van der Waals surface area contributed by atoms with Crippen molar-refractivity contribution in [3.63, 3.8) is 0 Å². The maximum Gasteiger partial charge on any atom is 0.132 e. The van der Waals surface area contributed by atoms with Gasteiger partial charge in [0.25, 0.3) is 0 Å². The summed E-state index contributed by atoms with van der Waals surface area (Å²) < 4.78 is 9.10. The second-order valence-electron chi connectivity index (χ2n) is 13.3. The standard InChI is InChI=1S/C47H29NO/c1-2-12-31-27-34(24-21-30(31)11-1)48-43-19-9-5-15-37(43)38-28-32(22-25-44(38)48)33-23-26-46-42(29-33)47(41-18-8-10-20-45(41)49-46)39-16-6-3-13-35(39)36-14-4-7-17-40(36)47/h1-29H. The third-order valence-corrected chi connectivity index (χ3v) is 10.8. The number of benzene rings is 8.